The van der Waals surface area contributed by atoms with Crippen LogP contribution in [0.3, 0.4) is 0 Å². The molecule has 0 unspecified atom stereocenters. The first-order valence-corrected chi connectivity index (χ1v) is 7.99. The van der Waals surface area contributed by atoms with Crippen molar-refractivity contribution in [2.75, 3.05) is 0 Å². The van der Waals surface area contributed by atoms with E-state index in [1.807, 2.05) is 6.07 Å². The number of hydrogen-bond acceptors (Lipinski definition) is 7. The molecule has 7 heteroatoms. The highest BCUT2D eigenvalue weighted by Gasteiger charge is 2.16. The topological polar surface area (TPSA) is 89.3 Å². The molecule has 0 atom stereocenters. The summed E-state index contributed by atoms with van der Waals surface area (Å²) in [6.45, 7) is 0. The van der Waals surface area contributed by atoms with Crippen molar-refractivity contribution in [3.63, 3.8) is 0 Å². The van der Waals surface area contributed by atoms with Gasteiger partial charge in [-0.1, -0.05) is 24.3 Å². The molecule has 0 N–H and O–H groups in total. The fourth-order valence-electron chi connectivity index (χ4n) is 1.90. The third-order valence-electron chi connectivity index (χ3n) is 3.07. The van der Waals surface area contributed by atoms with Crippen LogP contribution >= 0.6 is 11.3 Å². The molecule has 0 aliphatic carbocycles. The summed E-state index contributed by atoms with van der Waals surface area (Å²) in [6, 6.07) is 16.3. The molecule has 2 aromatic heterocycles. The van der Waals surface area contributed by atoms with Gasteiger partial charge in [0.2, 0.25) is 11.8 Å². The summed E-state index contributed by atoms with van der Waals surface area (Å²) in [5.41, 5.74) is 0.412. The molecule has 0 fully saturated rings. The maximum absolute atomic E-state index is 12.1. The van der Waals surface area contributed by atoms with E-state index in [0.29, 0.717) is 10.4 Å². The van der Waals surface area contributed by atoms with Crippen molar-refractivity contribution in [2.24, 2.45) is 0 Å². The van der Waals surface area contributed by atoms with E-state index in [1.165, 1.54) is 23.5 Å². The van der Waals surface area contributed by atoms with Gasteiger partial charge in [-0.15, -0.1) is 11.3 Å². The van der Waals surface area contributed by atoms with Crippen molar-refractivity contribution in [1.82, 2.24) is 4.98 Å². The highest BCUT2D eigenvalue weighted by Crippen LogP contribution is 2.22. The molecule has 0 saturated carbocycles. The van der Waals surface area contributed by atoms with Gasteiger partial charge in [0.1, 0.15) is 16.5 Å². The SMILES string of the molecule is N#Cc1ccc(OC(=O)c2ccccc2)nc1OC(=O)c1cccs1. The Balaban J connectivity index is 1.81. The molecule has 0 saturated heterocycles. The van der Waals surface area contributed by atoms with Crippen LogP contribution in [-0.2, 0) is 0 Å². The average Bonchev–Trinajstić information content (AvgIpc) is 3.17. The second kappa shape index (κ2) is 7.38. The van der Waals surface area contributed by atoms with Gasteiger partial charge in [-0.05, 0) is 29.6 Å². The summed E-state index contributed by atoms with van der Waals surface area (Å²) >= 11 is 1.21. The van der Waals surface area contributed by atoms with Gasteiger partial charge in [0, 0.05) is 6.07 Å². The molecular formula is C18H10N2O4S. The molecular weight excluding hydrogens is 340 g/mol. The lowest BCUT2D eigenvalue weighted by Crippen LogP contribution is -2.12. The quantitative estimate of drug-likeness (QED) is 0.670. The summed E-state index contributed by atoms with van der Waals surface area (Å²) in [6.07, 6.45) is 0. The average molecular weight is 350 g/mol. The van der Waals surface area contributed by atoms with Crippen LogP contribution in [0.1, 0.15) is 25.6 Å². The fourth-order valence-corrected chi connectivity index (χ4v) is 2.50. The van der Waals surface area contributed by atoms with Gasteiger partial charge in [0.15, 0.2) is 0 Å². The summed E-state index contributed by atoms with van der Waals surface area (Å²) in [4.78, 5) is 28.4. The lowest BCUT2D eigenvalue weighted by atomic mass is 10.2. The van der Waals surface area contributed by atoms with Crippen LogP contribution in [0.15, 0.2) is 60.0 Å². The van der Waals surface area contributed by atoms with Crippen molar-refractivity contribution < 1.29 is 19.1 Å². The lowest BCUT2D eigenvalue weighted by Gasteiger charge is -2.07. The molecule has 0 aliphatic rings. The second-order valence-electron chi connectivity index (χ2n) is 4.74. The molecule has 3 rings (SSSR count). The molecule has 3 aromatic rings. The number of carbonyl (C=O) groups is 2. The number of hydrogen-bond donors (Lipinski definition) is 0. The first kappa shape index (κ1) is 16.4. The number of nitrogens with zero attached hydrogens (tertiary/aromatic N) is 2. The Labute approximate surface area is 146 Å². The molecule has 0 aliphatic heterocycles. The van der Waals surface area contributed by atoms with E-state index in [1.54, 1.807) is 47.8 Å². The Hall–Kier alpha value is -3.50. The van der Waals surface area contributed by atoms with E-state index < -0.39 is 11.9 Å². The number of nitriles is 1. The minimum absolute atomic E-state index is 0.0596. The fraction of sp³-hybridized carbons (Fsp3) is 0. The van der Waals surface area contributed by atoms with Crippen molar-refractivity contribution in [2.45, 2.75) is 0 Å². The predicted molar refractivity (Wildman–Crippen MR) is 89.6 cm³/mol. The molecule has 1 aromatic carbocycles. The van der Waals surface area contributed by atoms with Gasteiger partial charge in [0.25, 0.3) is 0 Å². The number of rotatable bonds is 4. The Morgan fingerprint density at radius 1 is 0.960 bits per heavy atom. The summed E-state index contributed by atoms with van der Waals surface area (Å²) in [7, 11) is 0. The number of pyridine rings is 1. The van der Waals surface area contributed by atoms with Crippen molar-refractivity contribution >= 4 is 23.3 Å². The van der Waals surface area contributed by atoms with E-state index in [-0.39, 0.29) is 17.3 Å². The maximum Gasteiger partial charge on any atom is 0.355 e. The van der Waals surface area contributed by atoms with E-state index >= 15 is 0 Å². The van der Waals surface area contributed by atoms with Gasteiger partial charge in [0.05, 0.1) is 5.56 Å². The Bertz CT molecular complexity index is 947. The van der Waals surface area contributed by atoms with Crippen LogP contribution in [0.4, 0.5) is 0 Å². The summed E-state index contributed by atoms with van der Waals surface area (Å²) in [5.74, 6) is -1.51. The van der Waals surface area contributed by atoms with Crippen LogP contribution in [0, 0.1) is 11.3 Å². The van der Waals surface area contributed by atoms with E-state index in [9.17, 15) is 9.59 Å². The molecule has 0 spiro atoms. The molecule has 0 amide bonds. The van der Waals surface area contributed by atoms with Crippen molar-refractivity contribution in [1.29, 1.82) is 5.26 Å². The third kappa shape index (κ3) is 3.88. The Morgan fingerprint density at radius 2 is 1.76 bits per heavy atom. The molecule has 122 valence electrons. The standard InChI is InChI=1S/C18H10N2O4S/c19-11-13-8-9-15(23-17(21)12-5-2-1-3-6-12)20-16(13)24-18(22)14-7-4-10-25-14/h1-10H. The largest absolute Gasteiger partial charge is 0.404 e. The van der Waals surface area contributed by atoms with E-state index in [2.05, 4.69) is 4.98 Å². The van der Waals surface area contributed by atoms with Crippen LogP contribution in [0.2, 0.25) is 0 Å². The van der Waals surface area contributed by atoms with Gasteiger partial charge >= 0.3 is 11.9 Å². The number of aromatic nitrogens is 1. The zero-order valence-corrected chi connectivity index (χ0v) is 13.5. The minimum Gasteiger partial charge on any atom is -0.404 e. The number of carbonyl (C=O) groups excluding carboxylic acids is 2. The monoisotopic (exact) mass is 350 g/mol. The molecule has 6 nitrogen and oxygen atoms in total. The summed E-state index contributed by atoms with van der Waals surface area (Å²) in [5, 5.41) is 10.9. The van der Waals surface area contributed by atoms with E-state index in [0.717, 1.165) is 0 Å². The first-order chi connectivity index (χ1) is 12.2. The smallest absolute Gasteiger partial charge is 0.355 e. The van der Waals surface area contributed by atoms with Gasteiger partial charge in [-0.3, -0.25) is 0 Å². The number of esters is 2. The summed E-state index contributed by atoms with van der Waals surface area (Å²) < 4.78 is 10.3. The predicted octanol–water partition coefficient (Wildman–Crippen LogP) is 3.45. The number of thiophene rings is 1. The minimum atomic E-state index is -0.634. The van der Waals surface area contributed by atoms with Crippen LogP contribution in [0.5, 0.6) is 11.8 Å². The van der Waals surface area contributed by atoms with Gasteiger partial charge in [-0.2, -0.15) is 10.2 Å². The molecule has 25 heavy (non-hydrogen) atoms. The van der Waals surface area contributed by atoms with Gasteiger partial charge in [-0.25, -0.2) is 9.59 Å². The third-order valence-corrected chi connectivity index (χ3v) is 3.92. The Morgan fingerprint density at radius 3 is 2.44 bits per heavy atom. The van der Waals surface area contributed by atoms with Crippen LogP contribution in [-0.4, -0.2) is 16.9 Å². The normalized spacial score (nSPS) is 9.88. The first-order valence-electron chi connectivity index (χ1n) is 7.11. The van der Waals surface area contributed by atoms with Crippen LogP contribution in [0.25, 0.3) is 0 Å². The highest BCUT2D eigenvalue weighted by atomic mass is 32.1. The zero-order chi connectivity index (χ0) is 17.6. The second-order valence-corrected chi connectivity index (χ2v) is 5.68. The van der Waals surface area contributed by atoms with Crippen molar-refractivity contribution in [3.05, 3.63) is 76.0 Å². The highest BCUT2D eigenvalue weighted by molar-refractivity contribution is 7.12. The zero-order valence-electron chi connectivity index (χ0n) is 12.7. The maximum atomic E-state index is 12.1. The molecule has 0 bridgehead atoms. The van der Waals surface area contributed by atoms with E-state index in [4.69, 9.17) is 14.7 Å². The van der Waals surface area contributed by atoms with Crippen LogP contribution < -0.4 is 9.47 Å². The number of benzene rings is 1. The van der Waals surface area contributed by atoms with Gasteiger partial charge < -0.3 is 9.47 Å². The van der Waals surface area contributed by atoms with Crippen molar-refractivity contribution in [3.8, 4) is 17.8 Å². The molecule has 2 heterocycles. The molecule has 0 radical (unpaired) electrons. The lowest BCUT2D eigenvalue weighted by molar-refractivity contribution is 0.0720. The Kier molecular flexibility index (Phi) is 4.83. The number of ether oxygens (including phenoxy) is 2.